The summed E-state index contributed by atoms with van der Waals surface area (Å²) in [6.45, 7) is 1.47. The summed E-state index contributed by atoms with van der Waals surface area (Å²) in [6, 6.07) is 5.79. The minimum Gasteiger partial charge on any atom is -0.411 e. The van der Waals surface area contributed by atoms with Crippen LogP contribution in [0.1, 0.15) is 6.92 Å². The molecule has 0 aliphatic carbocycles. The lowest BCUT2D eigenvalue weighted by Gasteiger charge is -1.94. The number of nitro groups is 1. The number of nitro benzene ring substituents is 1. The van der Waals surface area contributed by atoms with E-state index in [0.29, 0.717) is 10.8 Å². The van der Waals surface area contributed by atoms with Gasteiger partial charge in [-0.3, -0.25) is 14.9 Å². The molecule has 0 unspecified atom stereocenters. The number of Topliss-reactive ketones (excluding diaryl/α,β-unsaturated/α-hetero) is 1. The Morgan fingerprint density at radius 3 is 2.63 bits per heavy atom. The first-order chi connectivity index (χ1) is 9.06. The molecule has 98 valence electrons. The van der Waals surface area contributed by atoms with Crippen LogP contribution in [-0.4, -0.2) is 26.7 Å². The van der Waals surface area contributed by atoms with Crippen molar-refractivity contribution in [3.05, 3.63) is 34.4 Å². The summed E-state index contributed by atoms with van der Waals surface area (Å²) in [4.78, 5) is 20.9. The lowest BCUT2D eigenvalue weighted by molar-refractivity contribution is -0.384. The molecule has 1 aromatic carbocycles. The topological polar surface area (TPSA) is 99.1 Å². The Kier molecular flexibility index (Phi) is 3.91. The van der Waals surface area contributed by atoms with Gasteiger partial charge in [-0.15, -0.1) is 10.2 Å². The molecule has 0 aliphatic heterocycles. The van der Waals surface area contributed by atoms with Crippen molar-refractivity contribution >= 4 is 23.2 Å². The highest BCUT2D eigenvalue weighted by Crippen LogP contribution is 2.24. The van der Waals surface area contributed by atoms with E-state index in [4.69, 9.17) is 4.42 Å². The molecule has 0 fully saturated rings. The highest BCUT2D eigenvalue weighted by Gasteiger charge is 2.11. The minimum atomic E-state index is -0.480. The Morgan fingerprint density at radius 1 is 1.37 bits per heavy atom. The number of non-ortho nitro benzene ring substituents is 1. The lowest BCUT2D eigenvalue weighted by Crippen LogP contribution is -1.92. The minimum absolute atomic E-state index is 0.00514. The fourth-order valence-electron chi connectivity index (χ4n) is 1.27. The van der Waals surface area contributed by atoms with Crippen LogP contribution in [0.25, 0.3) is 11.5 Å². The van der Waals surface area contributed by atoms with E-state index >= 15 is 0 Å². The van der Waals surface area contributed by atoms with Crippen LogP contribution in [0.3, 0.4) is 0 Å². The van der Waals surface area contributed by atoms with Gasteiger partial charge in [0.15, 0.2) is 0 Å². The second kappa shape index (κ2) is 5.61. The van der Waals surface area contributed by atoms with Gasteiger partial charge in [0.2, 0.25) is 5.89 Å². The molecular formula is C11H9N3O4S. The molecule has 1 aromatic heterocycles. The van der Waals surface area contributed by atoms with Crippen molar-refractivity contribution in [3.63, 3.8) is 0 Å². The average Bonchev–Trinajstić information content (AvgIpc) is 2.85. The number of carbonyl (C=O) groups is 1. The molecule has 0 radical (unpaired) electrons. The highest BCUT2D eigenvalue weighted by atomic mass is 32.2. The van der Waals surface area contributed by atoms with Crippen LogP contribution in [0.4, 0.5) is 5.69 Å². The zero-order valence-corrected chi connectivity index (χ0v) is 10.7. The molecule has 7 nitrogen and oxygen atoms in total. The third-order valence-electron chi connectivity index (χ3n) is 2.13. The van der Waals surface area contributed by atoms with Crippen LogP contribution >= 0.6 is 11.8 Å². The number of nitrogens with zero attached hydrogens (tertiary/aromatic N) is 3. The fourth-order valence-corrected chi connectivity index (χ4v) is 1.84. The molecule has 2 rings (SSSR count). The number of rotatable bonds is 5. The van der Waals surface area contributed by atoms with Gasteiger partial charge in [0, 0.05) is 17.7 Å². The van der Waals surface area contributed by atoms with Crippen molar-refractivity contribution < 1.29 is 14.1 Å². The van der Waals surface area contributed by atoms with Crippen LogP contribution in [0, 0.1) is 10.1 Å². The molecular weight excluding hydrogens is 270 g/mol. The Bertz CT molecular complexity index is 609. The Morgan fingerprint density at radius 2 is 2.05 bits per heavy atom. The molecule has 19 heavy (non-hydrogen) atoms. The molecule has 0 saturated heterocycles. The van der Waals surface area contributed by atoms with Crippen LogP contribution in [-0.2, 0) is 4.79 Å². The van der Waals surface area contributed by atoms with Gasteiger partial charge >= 0.3 is 0 Å². The largest absolute Gasteiger partial charge is 0.411 e. The molecule has 8 heteroatoms. The second-order valence-corrected chi connectivity index (χ2v) is 4.59. The summed E-state index contributed by atoms with van der Waals surface area (Å²) in [5, 5.41) is 18.4. The van der Waals surface area contributed by atoms with E-state index in [-0.39, 0.29) is 23.1 Å². The summed E-state index contributed by atoms with van der Waals surface area (Å²) in [5.41, 5.74) is 0.585. The summed E-state index contributed by atoms with van der Waals surface area (Å²) >= 11 is 1.15. The van der Waals surface area contributed by atoms with Gasteiger partial charge in [-0.2, -0.15) is 0 Å². The first-order valence-corrected chi connectivity index (χ1v) is 6.25. The maximum atomic E-state index is 10.8. The SMILES string of the molecule is CC(=O)CSc1nnc(-c2ccc([N+](=O)[O-])cc2)o1. The van der Waals surface area contributed by atoms with Crippen LogP contribution < -0.4 is 0 Å². The normalized spacial score (nSPS) is 10.4. The predicted molar refractivity (Wildman–Crippen MR) is 67.8 cm³/mol. The third kappa shape index (κ3) is 3.38. The van der Waals surface area contributed by atoms with E-state index in [0.717, 1.165) is 11.8 Å². The third-order valence-corrected chi connectivity index (χ3v) is 3.09. The van der Waals surface area contributed by atoms with Gasteiger partial charge in [0.25, 0.3) is 10.9 Å². The molecule has 0 atom stereocenters. The molecule has 0 bridgehead atoms. The number of benzene rings is 1. The number of ketones is 1. The number of carbonyl (C=O) groups excluding carboxylic acids is 1. The van der Waals surface area contributed by atoms with Crippen LogP contribution in [0.15, 0.2) is 33.9 Å². The van der Waals surface area contributed by atoms with Gasteiger partial charge in [-0.1, -0.05) is 11.8 Å². The molecule has 0 saturated carbocycles. The number of thioether (sulfide) groups is 1. The first kappa shape index (κ1) is 13.2. The van der Waals surface area contributed by atoms with Crippen molar-refractivity contribution in [1.82, 2.24) is 10.2 Å². The monoisotopic (exact) mass is 279 g/mol. The maximum Gasteiger partial charge on any atom is 0.277 e. The number of hydrogen-bond donors (Lipinski definition) is 0. The maximum absolute atomic E-state index is 10.8. The van der Waals surface area contributed by atoms with Gasteiger partial charge < -0.3 is 4.42 Å². The summed E-state index contributed by atoms with van der Waals surface area (Å²) in [6.07, 6.45) is 0. The zero-order chi connectivity index (χ0) is 13.8. The summed E-state index contributed by atoms with van der Waals surface area (Å²) < 4.78 is 5.34. The van der Waals surface area contributed by atoms with E-state index < -0.39 is 4.92 Å². The molecule has 1 heterocycles. The predicted octanol–water partition coefficient (Wildman–Crippen LogP) is 2.33. The Labute approximate surface area is 112 Å². The van der Waals surface area contributed by atoms with E-state index in [1.54, 1.807) is 0 Å². The lowest BCUT2D eigenvalue weighted by atomic mass is 10.2. The van der Waals surface area contributed by atoms with E-state index in [9.17, 15) is 14.9 Å². The van der Waals surface area contributed by atoms with Gasteiger partial charge in [-0.05, 0) is 19.1 Å². The quantitative estimate of drug-likeness (QED) is 0.470. The zero-order valence-electron chi connectivity index (χ0n) is 9.90. The van der Waals surface area contributed by atoms with Crippen molar-refractivity contribution in [3.8, 4) is 11.5 Å². The smallest absolute Gasteiger partial charge is 0.277 e. The summed E-state index contributed by atoms with van der Waals surface area (Å²) in [5.74, 6) is 0.545. The van der Waals surface area contributed by atoms with Gasteiger partial charge in [0.05, 0.1) is 10.7 Å². The second-order valence-electron chi connectivity index (χ2n) is 3.67. The average molecular weight is 279 g/mol. The Hall–Kier alpha value is -2.22. The molecule has 0 amide bonds. The van der Waals surface area contributed by atoms with E-state index in [1.165, 1.54) is 31.2 Å². The Balaban J connectivity index is 2.13. The molecule has 0 spiro atoms. The summed E-state index contributed by atoms with van der Waals surface area (Å²) in [7, 11) is 0. The van der Waals surface area contributed by atoms with E-state index in [1.807, 2.05) is 0 Å². The van der Waals surface area contributed by atoms with Gasteiger partial charge in [0.1, 0.15) is 5.78 Å². The van der Waals surface area contributed by atoms with Crippen molar-refractivity contribution in [2.24, 2.45) is 0 Å². The fraction of sp³-hybridized carbons (Fsp3) is 0.182. The van der Waals surface area contributed by atoms with Crippen molar-refractivity contribution in [1.29, 1.82) is 0 Å². The van der Waals surface area contributed by atoms with Crippen molar-refractivity contribution in [2.45, 2.75) is 12.1 Å². The standard InChI is InChI=1S/C11H9N3O4S/c1-7(15)6-19-11-13-12-10(18-11)8-2-4-9(5-3-8)14(16)17/h2-5H,6H2,1H3. The highest BCUT2D eigenvalue weighted by molar-refractivity contribution is 7.99. The molecule has 2 aromatic rings. The van der Waals surface area contributed by atoms with Crippen LogP contribution in [0.5, 0.6) is 0 Å². The molecule has 0 N–H and O–H groups in total. The van der Waals surface area contributed by atoms with E-state index in [2.05, 4.69) is 10.2 Å². The van der Waals surface area contributed by atoms with Gasteiger partial charge in [-0.25, -0.2) is 0 Å². The number of aromatic nitrogens is 2. The van der Waals surface area contributed by atoms with Crippen molar-refractivity contribution in [2.75, 3.05) is 5.75 Å². The first-order valence-electron chi connectivity index (χ1n) is 5.27. The van der Waals surface area contributed by atoms with Crippen LogP contribution in [0.2, 0.25) is 0 Å². The molecule has 0 aliphatic rings. The number of hydrogen-bond acceptors (Lipinski definition) is 7.